The zero-order chi connectivity index (χ0) is 20.4. The molecule has 2 aliphatic heterocycles. The number of nitrogens with zero attached hydrogens (tertiary/aromatic N) is 1. The van der Waals surface area contributed by atoms with E-state index in [9.17, 15) is 9.18 Å². The SMILES string of the molecule is Cc1ccc(CN2C(=O)CC[C@@H]2CCNCc2cc3c(cc2Cl)OCO3)cc1F. The standard InChI is InChI=1S/C22H24ClFN2O3/c1-14-2-3-15(8-19(14)24)12-26-17(4-5-22(26)27)6-7-25-11-16-9-20-21(10-18(16)23)29-13-28-20/h2-3,8-10,17,25H,4-7,11-13H2,1H3/t17-/m1/s1. The quantitative estimate of drug-likeness (QED) is 0.685. The topological polar surface area (TPSA) is 50.8 Å². The van der Waals surface area contributed by atoms with Gasteiger partial charge in [0.25, 0.3) is 0 Å². The van der Waals surface area contributed by atoms with Crippen molar-refractivity contribution in [2.75, 3.05) is 13.3 Å². The van der Waals surface area contributed by atoms with Crippen LogP contribution in [0.1, 0.15) is 36.0 Å². The Bertz CT molecular complexity index is 921. The summed E-state index contributed by atoms with van der Waals surface area (Å²) in [5, 5.41) is 4.04. The largest absolute Gasteiger partial charge is 0.454 e. The first-order valence-electron chi connectivity index (χ1n) is 9.84. The highest BCUT2D eigenvalue weighted by atomic mass is 35.5. The number of carbonyl (C=O) groups is 1. The van der Waals surface area contributed by atoms with Gasteiger partial charge in [0, 0.05) is 36.6 Å². The van der Waals surface area contributed by atoms with Crippen LogP contribution in [0.15, 0.2) is 30.3 Å². The number of nitrogens with one attached hydrogen (secondary N) is 1. The summed E-state index contributed by atoms with van der Waals surface area (Å²) in [7, 11) is 0. The van der Waals surface area contributed by atoms with Crippen LogP contribution in [0.2, 0.25) is 5.02 Å². The van der Waals surface area contributed by atoms with Crippen LogP contribution in [0, 0.1) is 12.7 Å². The molecule has 0 radical (unpaired) electrons. The number of aryl methyl sites for hydroxylation is 1. The number of benzene rings is 2. The van der Waals surface area contributed by atoms with Crippen molar-refractivity contribution in [1.82, 2.24) is 10.2 Å². The molecule has 2 aromatic rings. The fourth-order valence-electron chi connectivity index (χ4n) is 3.83. The van der Waals surface area contributed by atoms with E-state index >= 15 is 0 Å². The third-order valence-electron chi connectivity index (χ3n) is 5.55. The van der Waals surface area contributed by atoms with Gasteiger partial charge in [-0.1, -0.05) is 23.7 Å². The van der Waals surface area contributed by atoms with Crippen molar-refractivity contribution in [2.24, 2.45) is 0 Å². The van der Waals surface area contributed by atoms with Crippen LogP contribution in [0.4, 0.5) is 4.39 Å². The molecule has 0 bridgehead atoms. The molecule has 0 spiro atoms. The number of likely N-dealkylation sites (tertiary alicyclic amines) is 1. The zero-order valence-electron chi connectivity index (χ0n) is 16.3. The van der Waals surface area contributed by atoms with E-state index in [1.807, 2.05) is 17.0 Å². The van der Waals surface area contributed by atoms with E-state index in [1.54, 1.807) is 19.1 Å². The van der Waals surface area contributed by atoms with Crippen molar-refractivity contribution in [3.8, 4) is 11.5 Å². The maximum absolute atomic E-state index is 13.8. The van der Waals surface area contributed by atoms with E-state index in [-0.39, 0.29) is 24.6 Å². The Morgan fingerprint density at radius 2 is 2.03 bits per heavy atom. The molecule has 1 saturated heterocycles. The lowest BCUT2D eigenvalue weighted by Gasteiger charge is -2.25. The molecule has 2 aromatic carbocycles. The minimum absolute atomic E-state index is 0.134. The number of halogens is 2. The number of fused-ring (bicyclic) bond motifs is 1. The predicted molar refractivity (Wildman–Crippen MR) is 109 cm³/mol. The molecular formula is C22H24ClFN2O3. The van der Waals surface area contributed by atoms with E-state index in [0.29, 0.717) is 41.6 Å². The smallest absolute Gasteiger partial charge is 0.231 e. The maximum Gasteiger partial charge on any atom is 0.231 e. The minimum Gasteiger partial charge on any atom is -0.454 e. The van der Waals surface area contributed by atoms with Crippen molar-refractivity contribution in [3.63, 3.8) is 0 Å². The molecule has 154 valence electrons. The first kappa shape index (κ1) is 20.0. The van der Waals surface area contributed by atoms with Crippen molar-refractivity contribution in [2.45, 2.75) is 45.3 Å². The van der Waals surface area contributed by atoms with Gasteiger partial charge >= 0.3 is 0 Å². The highest BCUT2D eigenvalue weighted by Crippen LogP contribution is 2.36. The van der Waals surface area contributed by atoms with Gasteiger partial charge < -0.3 is 19.7 Å². The number of carbonyl (C=O) groups excluding carboxylic acids is 1. The summed E-state index contributed by atoms with van der Waals surface area (Å²) in [4.78, 5) is 14.2. The highest BCUT2D eigenvalue weighted by Gasteiger charge is 2.30. The Labute approximate surface area is 174 Å². The van der Waals surface area contributed by atoms with E-state index in [1.165, 1.54) is 6.07 Å². The number of rotatable bonds is 7. The van der Waals surface area contributed by atoms with Gasteiger partial charge in [-0.15, -0.1) is 0 Å². The number of ether oxygens (including phenoxy) is 2. The average Bonchev–Trinajstić information content (AvgIpc) is 3.28. The molecule has 0 saturated carbocycles. The van der Waals surface area contributed by atoms with Gasteiger partial charge in [-0.25, -0.2) is 4.39 Å². The summed E-state index contributed by atoms with van der Waals surface area (Å²) in [5.74, 6) is 1.29. The van der Waals surface area contributed by atoms with Gasteiger partial charge in [0.2, 0.25) is 12.7 Å². The number of hydrogen-bond acceptors (Lipinski definition) is 4. The lowest BCUT2D eigenvalue weighted by molar-refractivity contribution is -0.129. The fraction of sp³-hybridized carbons (Fsp3) is 0.409. The first-order chi connectivity index (χ1) is 14.0. The van der Waals surface area contributed by atoms with Gasteiger partial charge in [0.1, 0.15) is 5.82 Å². The molecule has 1 amide bonds. The second-order valence-electron chi connectivity index (χ2n) is 7.56. The van der Waals surface area contributed by atoms with Crippen LogP contribution in [0.25, 0.3) is 0 Å². The molecule has 4 rings (SSSR count). The van der Waals surface area contributed by atoms with Crippen molar-refractivity contribution < 1.29 is 18.7 Å². The van der Waals surface area contributed by atoms with Crippen LogP contribution < -0.4 is 14.8 Å². The predicted octanol–water partition coefficient (Wildman–Crippen LogP) is 4.19. The Morgan fingerprint density at radius 1 is 1.24 bits per heavy atom. The van der Waals surface area contributed by atoms with Gasteiger partial charge in [0.05, 0.1) is 0 Å². The lowest BCUT2D eigenvalue weighted by atomic mass is 10.1. The van der Waals surface area contributed by atoms with Crippen molar-refractivity contribution in [1.29, 1.82) is 0 Å². The molecule has 7 heteroatoms. The summed E-state index contributed by atoms with van der Waals surface area (Å²) in [6.07, 6.45) is 2.22. The van der Waals surface area contributed by atoms with Gasteiger partial charge in [-0.05, 0) is 55.1 Å². The van der Waals surface area contributed by atoms with Gasteiger partial charge in [-0.3, -0.25) is 4.79 Å². The molecule has 2 aliphatic rings. The molecule has 1 N–H and O–H groups in total. The van der Waals surface area contributed by atoms with E-state index in [2.05, 4.69) is 5.32 Å². The fourth-order valence-corrected chi connectivity index (χ4v) is 4.05. The summed E-state index contributed by atoms with van der Waals surface area (Å²) < 4.78 is 24.6. The Morgan fingerprint density at radius 3 is 2.83 bits per heavy atom. The Balaban J connectivity index is 1.30. The van der Waals surface area contributed by atoms with Crippen LogP contribution in [0.5, 0.6) is 11.5 Å². The second kappa shape index (κ2) is 8.59. The normalized spacial score (nSPS) is 18.0. The first-order valence-corrected chi connectivity index (χ1v) is 10.2. The molecule has 0 unspecified atom stereocenters. The zero-order valence-corrected chi connectivity index (χ0v) is 17.1. The van der Waals surface area contributed by atoms with Gasteiger partial charge in [-0.2, -0.15) is 0 Å². The van der Waals surface area contributed by atoms with E-state index < -0.39 is 0 Å². The summed E-state index contributed by atoms with van der Waals surface area (Å²) in [6.45, 7) is 3.77. The summed E-state index contributed by atoms with van der Waals surface area (Å²) in [6, 6.07) is 9.01. The molecule has 0 aliphatic carbocycles. The van der Waals surface area contributed by atoms with E-state index in [0.717, 1.165) is 30.5 Å². The molecule has 2 heterocycles. The minimum atomic E-state index is -0.229. The maximum atomic E-state index is 13.8. The van der Waals surface area contributed by atoms with Crippen LogP contribution >= 0.6 is 11.6 Å². The third kappa shape index (κ3) is 4.49. The number of hydrogen-bond donors (Lipinski definition) is 1. The van der Waals surface area contributed by atoms with Gasteiger partial charge in [0.15, 0.2) is 11.5 Å². The second-order valence-corrected chi connectivity index (χ2v) is 7.97. The molecule has 1 atom stereocenters. The molecule has 0 aromatic heterocycles. The number of amides is 1. The molecular weight excluding hydrogens is 395 g/mol. The average molecular weight is 419 g/mol. The molecule has 5 nitrogen and oxygen atoms in total. The molecule has 29 heavy (non-hydrogen) atoms. The van der Waals surface area contributed by atoms with Crippen molar-refractivity contribution >= 4 is 17.5 Å². The highest BCUT2D eigenvalue weighted by molar-refractivity contribution is 6.31. The van der Waals surface area contributed by atoms with Crippen LogP contribution in [0.3, 0.4) is 0 Å². The molecule has 1 fully saturated rings. The lowest BCUT2D eigenvalue weighted by Crippen LogP contribution is -2.34. The van der Waals surface area contributed by atoms with Crippen molar-refractivity contribution in [3.05, 3.63) is 57.9 Å². The van der Waals surface area contributed by atoms with E-state index in [4.69, 9.17) is 21.1 Å². The van der Waals surface area contributed by atoms with Crippen LogP contribution in [-0.4, -0.2) is 30.2 Å². The monoisotopic (exact) mass is 418 g/mol. The Hall–Kier alpha value is -2.31. The van der Waals surface area contributed by atoms with Crippen LogP contribution in [-0.2, 0) is 17.9 Å². The third-order valence-corrected chi connectivity index (χ3v) is 5.90. The Kier molecular flexibility index (Phi) is 5.92. The summed E-state index contributed by atoms with van der Waals surface area (Å²) in [5.41, 5.74) is 2.39. The summed E-state index contributed by atoms with van der Waals surface area (Å²) >= 11 is 6.31.